The summed E-state index contributed by atoms with van der Waals surface area (Å²) in [5.41, 5.74) is 0.318. The second-order valence-corrected chi connectivity index (χ2v) is 10.3. The summed E-state index contributed by atoms with van der Waals surface area (Å²) in [6.45, 7) is 3.40. The van der Waals surface area contributed by atoms with Crippen LogP contribution in [0.1, 0.15) is 50.2 Å². The Bertz CT molecular complexity index is 871. The van der Waals surface area contributed by atoms with Crippen LogP contribution in [0.4, 0.5) is 14.0 Å². The fraction of sp³-hybridized carbons (Fsp3) is 0.692. The monoisotopic (exact) mass is 542 g/mol. The van der Waals surface area contributed by atoms with Crippen LogP contribution in [0.25, 0.3) is 0 Å². The minimum atomic E-state index is -1.15. The van der Waals surface area contributed by atoms with Gasteiger partial charge < -0.3 is 35.4 Å². The number of nitrogens with zero attached hydrogens (tertiary/aromatic N) is 1. The summed E-state index contributed by atoms with van der Waals surface area (Å²) in [5.74, 6) is -0.208. The third kappa shape index (κ3) is 9.28. The highest BCUT2D eigenvalue weighted by Crippen LogP contribution is 2.36. The van der Waals surface area contributed by atoms with Gasteiger partial charge in [0.2, 0.25) is 0 Å². The van der Waals surface area contributed by atoms with Crippen molar-refractivity contribution in [3.63, 3.8) is 0 Å². The second-order valence-electron chi connectivity index (χ2n) is 9.86. The number of amides is 3. The molecule has 4 atom stereocenters. The molecule has 9 nitrogen and oxygen atoms in total. The standard InChI is InChI=1S/C26H40ClFN4O5/c1-29-16-20(15-18-5-4-12-36-13-9-18)31-25(33)32-11-3-6-19(17-32)24(37-14-10-30-26(34)35)21-7-2-8-22(27)23(21)28/h2,7-8,18-20,24,29-30H,3-6,9-17H2,1H3,(H,31,33)(H,34,35). The summed E-state index contributed by atoms with van der Waals surface area (Å²) in [6, 6.07) is 4.65. The van der Waals surface area contributed by atoms with Gasteiger partial charge >= 0.3 is 12.1 Å². The summed E-state index contributed by atoms with van der Waals surface area (Å²) >= 11 is 6.05. The van der Waals surface area contributed by atoms with Crippen molar-refractivity contribution in [2.24, 2.45) is 11.8 Å². The Morgan fingerprint density at radius 1 is 1.27 bits per heavy atom. The number of rotatable bonds is 11. The van der Waals surface area contributed by atoms with E-state index in [9.17, 15) is 14.0 Å². The van der Waals surface area contributed by atoms with Gasteiger partial charge in [0.25, 0.3) is 0 Å². The first-order valence-corrected chi connectivity index (χ1v) is 13.6. The number of likely N-dealkylation sites (tertiary alicyclic amines) is 1. The molecule has 0 aromatic heterocycles. The maximum absolute atomic E-state index is 15.0. The number of piperidine rings is 1. The zero-order valence-electron chi connectivity index (χ0n) is 21.5. The molecule has 3 rings (SSSR count). The van der Waals surface area contributed by atoms with Crippen LogP contribution < -0.4 is 16.0 Å². The molecule has 0 bridgehead atoms. The van der Waals surface area contributed by atoms with Crippen LogP contribution in [0.5, 0.6) is 0 Å². The lowest BCUT2D eigenvalue weighted by molar-refractivity contribution is -0.0104. The minimum Gasteiger partial charge on any atom is -0.465 e. The molecule has 208 valence electrons. The number of hydrogen-bond donors (Lipinski definition) is 4. The van der Waals surface area contributed by atoms with Crippen molar-refractivity contribution in [3.8, 4) is 0 Å². The van der Waals surface area contributed by atoms with Crippen molar-refractivity contribution in [1.82, 2.24) is 20.9 Å². The molecule has 1 aromatic rings. The first-order valence-electron chi connectivity index (χ1n) is 13.2. The van der Waals surface area contributed by atoms with Crippen LogP contribution in [0.15, 0.2) is 18.2 Å². The highest BCUT2D eigenvalue weighted by molar-refractivity contribution is 6.30. The SMILES string of the molecule is CNCC(CC1CCCOCC1)NC(=O)N1CCCC(C(OCCNC(=O)O)c2cccc(Cl)c2F)C1. The van der Waals surface area contributed by atoms with Gasteiger partial charge in [-0.2, -0.15) is 0 Å². The maximum atomic E-state index is 15.0. The molecule has 37 heavy (non-hydrogen) atoms. The van der Waals surface area contributed by atoms with E-state index in [4.69, 9.17) is 26.2 Å². The molecule has 4 unspecified atom stereocenters. The van der Waals surface area contributed by atoms with Crippen molar-refractivity contribution in [2.45, 2.75) is 50.7 Å². The third-order valence-electron chi connectivity index (χ3n) is 7.10. The molecular formula is C26H40ClFN4O5. The van der Waals surface area contributed by atoms with Crippen LogP contribution in [0.2, 0.25) is 5.02 Å². The second kappa shape index (κ2) is 15.3. The normalized spacial score (nSPS) is 22.1. The van der Waals surface area contributed by atoms with E-state index in [0.29, 0.717) is 31.1 Å². The van der Waals surface area contributed by atoms with E-state index >= 15 is 0 Å². The Hall–Kier alpha value is -2.14. The molecule has 2 saturated heterocycles. The first kappa shape index (κ1) is 29.4. The number of carboxylic acid groups (broad SMARTS) is 1. The molecule has 0 radical (unpaired) electrons. The highest BCUT2D eigenvalue weighted by Gasteiger charge is 2.33. The van der Waals surface area contributed by atoms with Crippen LogP contribution in [-0.4, -0.2) is 81.2 Å². The Morgan fingerprint density at radius 3 is 2.89 bits per heavy atom. The molecule has 2 aliphatic heterocycles. The lowest BCUT2D eigenvalue weighted by Gasteiger charge is -2.38. The van der Waals surface area contributed by atoms with E-state index in [1.54, 1.807) is 17.0 Å². The topological polar surface area (TPSA) is 112 Å². The minimum absolute atomic E-state index is 0.000455. The molecule has 2 aliphatic rings. The van der Waals surface area contributed by atoms with Crippen LogP contribution >= 0.6 is 11.6 Å². The number of carbonyl (C=O) groups excluding carboxylic acids is 1. The fourth-order valence-corrected chi connectivity index (χ4v) is 5.50. The van der Waals surface area contributed by atoms with Crippen LogP contribution in [-0.2, 0) is 9.47 Å². The largest absolute Gasteiger partial charge is 0.465 e. The van der Waals surface area contributed by atoms with Gasteiger partial charge in [0.15, 0.2) is 0 Å². The highest BCUT2D eigenvalue weighted by atomic mass is 35.5. The van der Waals surface area contributed by atoms with Crippen molar-refractivity contribution >= 4 is 23.7 Å². The molecule has 0 saturated carbocycles. The average Bonchev–Trinajstić information content (AvgIpc) is 3.15. The van der Waals surface area contributed by atoms with E-state index in [2.05, 4.69) is 16.0 Å². The fourth-order valence-electron chi connectivity index (χ4n) is 5.32. The molecule has 3 amide bonds. The molecule has 1 aromatic carbocycles. The first-order chi connectivity index (χ1) is 17.9. The number of urea groups is 1. The molecule has 4 N–H and O–H groups in total. The number of carbonyl (C=O) groups is 2. The van der Waals surface area contributed by atoms with E-state index in [-0.39, 0.29) is 36.2 Å². The summed E-state index contributed by atoms with van der Waals surface area (Å²) in [7, 11) is 1.88. The van der Waals surface area contributed by atoms with Gasteiger partial charge in [0, 0.05) is 56.9 Å². The Labute approximate surface area is 223 Å². The summed E-state index contributed by atoms with van der Waals surface area (Å²) in [6.07, 6.45) is 3.72. The Morgan fingerprint density at radius 2 is 2.11 bits per heavy atom. The zero-order chi connectivity index (χ0) is 26.6. The number of nitrogens with one attached hydrogen (secondary N) is 3. The molecule has 11 heteroatoms. The van der Waals surface area contributed by atoms with Crippen molar-refractivity contribution < 1.29 is 28.6 Å². The lowest BCUT2D eigenvalue weighted by atomic mass is 9.88. The number of likely N-dealkylation sites (N-methyl/N-ethyl adjacent to an activating group) is 1. The number of benzene rings is 1. The van der Waals surface area contributed by atoms with Crippen LogP contribution in [0.3, 0.4) is 0 Å². The summed E-state index contributed by atoms with van der Waals surface area (Å²) < 4.78 is 26.6. The third-order valence-corrected chi connectivity index (χ3v) is 7.40. The maximum Gasteiger partial charge on any atom is 0.404 e. The quantitative estimate of drug-likeness (QED) is 0.314. The smallest absolute Gasteiger partial charge is 0.404 e. The lowest BCUT2D eigenvalue weighted by Crippen LogP contribution is -2.52. The number of ether oxygens (including phenoxy) is 2. The molecule has 2 heterocycles. The predicted octanol–water partition coefficient (Wildman–Crippen LogP) is 4.02. The average molecular weight is 543 g/mol. The van der Waals surface area contributed by atoms with Gasteiger partial charge in [-0.25, -0.2) is 14.0 Å². The van der Waals surface area contributed by atoms with E-state index in [0.717, 1.165) is 51.7 Å². The predicted molar refractivity (Wildman–Crippen MR) is 139 cm³/mol. The molecule has 2 fully saturated rings. The summed E-state index contributed by atoms with van der Waals surface area (Å²) in [4.78, 5) is 25.9. The zero-order valence-corrected chi connectivity index (χ0v) is 22.3. The van der Waals surface area contributed by atoms with Crippen molar-refractivity contribution in [1.29, 1.82) is 0 Å². The summed E-state index contributed by atoms with van der Waals surface area (Å²) in [5, 5.41) is 17.5. The van der Waals surface area contributed by atoms with Crippen molar-refractivity contribution in [3.05, 3.63) is 34.6 Å². The van der Waals surface area contributed by atoms with Gasteiger partial charge in [-0.1, -0.05) is 23.7 Å². The van der Waals surface area contributed by atoms with Gasteiger partial charge in [-0.15, -0.1) is 0 Å². The van der Waals surface area contributed by atoms with Gasteiger partial charge in [0.1, 0.15) is 5.82 Å². The van der Waals surface area contributed by atoms with E-state index in [1.165, 1.54) is 6.07 Å². The van der Waals surface area contributed by atoms with Crippen molar-refractivity contribution in [2.75, 3.05) is 53.0 Å². The van der Waals surface area contributed by atoms with Gasteiger partial charge in [-0.3, -0.25) is 0 Å². The Kier molecular flexibility index (Phi) is 12.2. The number of hydrogen-bond acceptors (Lipinski definition) is 5. The Balaban J connectivity index is 1.66. The molecule has 0 spiro atoms. The number of halogens is 2. The van der Waals surface area contributed by atoms with Gasteiger partial charge in [0.05, 0.1) is 17.7 Å². The van der Waals surface area contributed by atoms with E-state index < -0.39 is 18.0 Å². The van der Waals surface area contributed by atoms with Crippen LogP contribution in [0, 0.1) is 17.7 Å². The van der Waals surface area contributed by atoms with E-state index in [1.807, 2.05) is 7.05 Å². The van der Waals surface area contributed by atoms with Gasteiger partial charge in [-0.05, 0) is 57.6 Å². The molecular weight excluding hydrogens is 503 g/mol. The molecule has 0 aliphatic carbocycles.